The first-order chi connectivity index (χ1) is 9.44. The van der Waals surface area contributed by atoms with Gasteiger partial charge in [0, 0.05) is 6.54 Å². The summed E-state index contributed by atoms with van der Waals surface area (Å²) in [6.07, 6.45) is 0.624. The molecule has 1 aliphatic heterocycles. The van der Waals surface area contributed by atoms with E-state index in [2.05, 4.69) is 21.4 Å². The molecule has 1 aliphatic rings. The van der Waals surface area contributed by atoms with Crippen LogP contribution in [0.5, 0.6) is 0 Å². The van der Waals surface area contributed by atoms with Gasteiger partial charge in [0.15, 0.2) is 0 Å². The highest BCUT2D eigenvalue weighted by Crippen LogP contribution is 2.17. The van der Waals surface area contributed by atoms with Crippen molar-refractivity contribution in [1.29, 1.82) is 0 Å². The van der Waals surface area contributed by atoms with Crippen LogP contribution in [0.4, 0.5) is 0 Å². The second kappa shape index (κ2) is 5.63. The summed E-state index contributed by atoms with van der Waals surface area (Å²) in [5.74, 6) is -0.642. The summed E-state index contributed by atoms with van der Waals surface area (Å²) in [6, 6.07) is 7.71. The highest BCUT2D eigenvalue weighted by atomic mass is 16.5. The Hall–Kier alpha value is -1.88. The average molecular weight is 276 g/mol. The van der Waals surface area contributed by atoms with Crippen LogP contribution in [0.3, 0.4) is 0 Å². The average Bonchev–Trinajstić information content (AvgIpc) is 2.45. The molecule has 108 valence electrons. The maximum Gasteiger partial charge on any atom is 0.330 e. The van der Waals surface area contributed by atoms with E-state index >= 15 is 0 Å². The molecule has 1 aromatic rings. The molecule has 0 spiro atoms. The number of ether oxygens (including phenoxy) is 1. The van der Waals surface area contributed by atoms with Gasteiger partial charge in [-0.2, -0.15) is 0 Å². The van der Waals surface area contributed by atoms with Gasteiger partial charge < -0.3 is 15.4 Å². The van der Waals surface area contributed by atoms with E-state index in [1.54, 1.807) is 13.8 Å². The van der Waals surface area contributed by atoms with E-state index in [-0.39, 0.29) is 11.9 Å². The lowest BCUT2D eigenvalue weighted by molar-refractivity contribution is -0.149. The lowest BCUT2D eigenvalue weighted by Crippen LogP contribution is -2.57. The normalized spacial score (nSPS) is 18.1. The predicted molar refractivity (Wildman–Crippen MR) is 75.0 cm³/mol. The van der Waals surface area contributed by atoms with Gasteiger partial charge in [-0.15, -0.1) is 0 Å². The number of carbonyl (C=O) groups excluding carboxylic acids is 2. The standard InChI is InChI=1S/C15H20N2O3/c1-15(2,14(19)20-3)17-13(18)12-8-10-6-4-5-7-11(10)9-16-12/h4-7,12,16H,8-9H2,1-3H3,(H,17,18)/t12-/m1/s1. The third-order valence-corrected chi connectivity index (χ3v) is 3.53. The van der Waals surface area contributed by atoms with Crippen molar-refractivity contribution in [3.8, 4) is 0 Å². The Bertz CT molecular complexity index is 526. The number of carbonyl (C=O) groups is 2. The predicted octanol–water partition coefficient (Wildman–Crippen LogP) is 0.769. The minimum absolute atomic E-state index is 0.185. The first-order valence-electron chi connectivity index (χ1n) is 6.64. The highest BCUT2D eigenvalue weighted by molar-refractivity contribution is 5.90. The van der Waals surface area contributed by atoms with Gasteiger partial charge in [0.1, 0.15) is 5.54 Å². The second-order valence-corrected chi connectivity index (χ2v) is 5.51. The van der Waals surface area contributed by atoms with Crippen molar-refractivity contribution in [3.05, 3.63) is 35.4 Å². The Morgan fingerprint density at radius 1 is 1.30 bits per heavy atom. The molecule has 2 rings (SSSR count). The van der Waals surface area contributed by atoms with E-state index in [4.69, 9.17) is 0 Å². The number of rotatable bonds is 3. The Kier molecular flexibility index (Phi) is 4.09. The van der Waals surface area contributed by atoms with Crippen molar-refractivity contribution in [2.45, 2.75) is 38.4 Å². The fourth-order valence-electron chi connectivity index (χ4n) is 2.34. The molecule has 0 aliphatic carbocycles. The number of esters is 1. The summed E-state index contributed by atoms with van der Waals surface area (Å²) in [4.78, 5) is 23.9. The zero-order chi connectivity index (χ0) is 14.8. The molecule has 1 heterocycles. The first-order valence-corrected chi connectivity index (χ1v) is 6.64. The maximum atomic E-state index is 12.3. The summed E-state index contributed by atoms with van der Waals surface area (Å²) in [7, 11) is 1.31. The van der Waals surface area contributed by atoms with E-state index in [1.165, 1.54) is 18.2 Å². The molecule has 5 heteroatoms. The molecule has 0 unspecified atom stereocenters. The molecule has 0 bridgehead atoms. The van der Waals surface area contributed by atoms with Crippen LogP contribution < -0.4 is 10.6 Å². The number of hydrogen-bond acceptors (Lipinski definition) is 4. The molecular formula is C15H20N2O3. The third kappa shape index (κ3) is 2.99. The van der Waals surface area contributed by atoms with Gasteiger partial charge in [-0.25, -0.2) is 4.79 Å². The van der Waals surface area contributed by atoms with Gasteiger partial charge in [0.2, 0.25) is 5.91 Å². The zero-order valence-corrected chi connectivity index (χ0v) is 12.0. The number of benzene rings is 1. The van der Waals surface area contributed by atoms with Crippen LogP contribution in [-0.2, 0) is 27.3 Å². The third-order valence-electron chi connectivity index (χ3n) is 3.53. The van der Waals surface area contributed by atoms with Gasteiger partial charge in [0.25, 0.3) is 0 Å². The number of amides is 1. The van der Waals surface area contributed by atoms with E-state index in [0.717, 1.165) is 0 Å². The Labute approximate surface area is 118 Å². The van der Waals surface area contributed by atoms with Gasteiger partial charge in [-0.1, -0.05) is 24.3 Å². The van der Waals surface area contributed by atoms with Gasteiger partial charge in [0.05, 0.1) is 13.2 Å². The first kappa shape index (κ1) is 14.5. The Balaban J connectivity index is 2.04. The van der Waals surface area contributed by atoms with Crippen LogP contribution in [-0.4, -0.2) is 30.6 Å². The summed E-state index contributed by atoms with van der Waals surface area (Å²) in [6.45, 7) is 3.92. The molecular weight excluding hydrogens is 256 g/mol. The molecule has 0 saturated carbocycles. The lowest BCUT2D eigenvalue weighted by Gasteiger charge is -2.29. The molecule has 1 aromatic carbocycles. The molecule has 0 fully saturated rings. The fourth-order valence-corrected chi connectivity index (χ4v) is 2.34. The van der Waals surface area contributed by atoms with Gasteiger partial charge >= 0.3 is 5.97 Å². The van der Waals surface area contributed by atoms with Crippen molar-refractivity contribution < 1.29 is 14.3 Å². The summed E-state index contributed by atoms with van der Waals surface area (Å²) < 4.78 is 4.69. The van der Waals surface area contributed by atoms with Crippen LogP contribution in [0.15, 0.2) is 24.3 Å². The molecule has 5 nitrogen and oxygen atoms in total. The molecule has 0 radical (unpaired) electrons. The van der Waals surface area contributed by atoms with E-state index in [0.29, 0.717) is 13.0 Å². The van der Waals surface area contributed by atoms with Crippen LogP contribution in [0.25, 0.3) is 0 Å². The minimum atomic E-state index is -1.02. The maximum absolute atomic E-state index is 12.3. The van der Waals surface area contributed by atoms with Gasteiger partial charge in [-0.3, -0.25) is 4.79 Å². The number of hydrogen-bond donors (Lipinski definition) is 2. The molecule has 1 amide bonds. The molecule has 2 N–H and O–H groups in total. The van der Waals surface area contributed by atoms with E-state index in [9.17, 15) is 9.59 Å². The van der Waals surface area contributed by atoms with Crippen LogP contribution in [0, 0.1) is 0 Å². The van der Waals surface area contributed by atoms with Crippen molar-refractivity contribution in [2.24, 2.45) is 0 Å². The monoisotopic (exact) mass is 276 g/mol. The minimum Gasteiger partial charge on any atom is -0.467 e. The van der Waals surface area contributed by atoms with Crippen LogP contribution in [0.2, 0.25) is 0 Å². The second-order valence-electron chi connectivity index (χ2n) is 5.51. The Morgan fingerprint density at radius 2 is 1.95 bits per heavy atom. The number of methoxy groups -OCH3 is 1. The Morgan fingerprint density at radius 3 is 2.60 bits per heavy atom. The summed E-state index contributed by atoms with van der Waals surface area (Å²) in [5.41, 5.74) is 1.36. The van der Waals surface area contributed by atoms with E-state index < -0.39 is 11.5 Å². The quantitative estimate of drug-likeness (QED) is 0.800. The smallest absolute Gasteiger partial charge is 0.330 e. The molecule has 20 heavy (non-hydrogen) atoms. The molecule has 0 saturated heterocycles. The van der Waals surface area contributed by atoms with Crippen LogP contribution in [0.1, 0.15) is 25.0 Å². The highest BCUT2D eigenvalue weighted by Gasteiger charge is 2.34. The lowest BCUT2D eigenvalue weighted by atomic mass is 9.94. The van der Waals surface area contributed by atoms with Crippen LogP contribution >= 0.6 is 0 Å². The molecule has 0 aromatic heterocycles. The van der Waals surface area contributed by atoms with Crippen molar-refractivity contribution >= 4 is 11.9 Å². The summed E-state index contributed by atoms with van der Waals surface area (Å²) in [5, 5.41) is 5.92. The number of nitrogens with one attached hydrogen (secondary N) is 2. The SMILES string of the molecule is COC(=O)C(C)(C)NC(=O)[C@H]1Cc2ccccc2CN1. The molecule has 1 atom stereocenters. The zero-order valence-electron chi connectivity index (χ0n) is 12.0. The summed E-state index contributed by atoms with van der Waals surface area (Å²) >= 11 is 0. The van der Waals surface area contributed by atoms with Crippen molar-refractivity contribution in [1.82, 2.24) is 10.6 Å². The van der Waals surface area contributed by atoms with Crippen molar-refractivity contribution in [3.63, 3.8) is 0 Å². The topological polar surface area (TPSA) is 67.4 Å². The van der Waals surface area contributed by atoms with Gasteiger partial charge in [-0.05, 0) is 31.4 Å². The fraction of sp³-hybridized carbons (Fsp3) is 0.467. The van der Waals surface area contributed by atoms with Crippen molar-refractivity contribution in [2.75, 3.05) is 7.11 Å². The largest absolute Gasteiger partial charge is 0.467 e. The van der Waals surface area contributed by atoms with E-state index in [1.807, 2.05) is 18.2 Å². The number of fused-ring (bicyclic) bond motifs is 1.